The summed E-state index contributed by atoms with van der Waals surface area (Å²) in [6.07, 6.45) is 1.51. The minimum absolute atomic E-state index is 0.198. The Morgan fingerprint density at radius 1 is 1.27 bits per heavy atom. The lowest BCUT2D eigenvalue weighted by atomic mass is 10.3. The summed E-state index contributed by atoms with van der Waals surface area (Å²) in [7, 11) is -3.72. The molecule has 0 radical (unpaired) electrons. The van der Waals surface area contributed by atoms with E-state index in [-0.39, 0.29) is 4.90 Å². The predicted molar refractivity (Wildman–Crippen MR) is 86.8 cm³/mol. The zero-order valence-electron chi connectivity index (χ0n) is 11.4. The van der Waals surface area contributed by atoms with Crippen LogP contribution in [0.1, 0.15) is 4.88 Å². The number of para-hydroxylation sites is 1. The number of rotatable bonds is 4. The number of benzene rings is 1. The maximum atomic E-state index is 12.5. The molecule has 0 unspecified atom stereocenters. The molecule has 0 aliphatic carbocycles. The van der Waals surface area contributed by atoms with E-state index in [1.807, 2.05) is 0 Å². The number of halogens is 1. The van der Waals surface area contributed by atoms with Crippen molar-refractivity contribution in [2.75, 3.05) is 4.72 Å². The fraction of sp³-hybridized carbons (Fsp3) is 0.0714. The van der Waals surface area contributed by atoms with E-state index in [1.54, 1.807) is 43.3 Å². The largest absolute Gasteiger partial charge is 0.355 e. The van der Waals surface area contributed by atoms with E-state index in [2.05, 4.69) is 9.88 Å². The molecule has 22 heavy (non-hydrogen) atoms. The number of hydrogen-bond acceptors (Lipinski definition) is 5. The molecule has 0 aliphatic rings. The average Bonchev–Trinajstić information content (AvgIpc) is 3.10. The topological polar surface area (TPSA) is 72.2 Å². The Labute approximate surface area is 136 Å². The highest BCUT2D eigenvalue weighted by Crippen LogP contribution is 2.34. The van der Waals surface area contributed by atoms with Crippen molar-refractivity contribution in [1.82, 2.24) is 5.16 Å². The molecular weight excluding hydrogens is 344 g/mol. The molecule has 2 heterocycles. The highest BCUT2D eigenvalue weighted by molar-refractivity contribution is 7.93. The molecule has 0 bridgehead atoms. The second kappa shape index (κ2) is 5.75. The van der Waals surface area contributed by atoms with E-state index in [1.165, 1.54) is 17.5 Å². The first-order valence-electron chi connectivity index (χ1n) is 6.26. The number of aryl methyl sites for hydroxylation is 1. The van der Waals surface area contributed by atoms with Gasteiger partial charge in [0.15, 0.2) is 5.76 Å². The first-order chi connectivity index (χ1) is 10.5. The number of nitrogens with zero attached hydrogens (tertiary/aromatic N) is 1. The fourth-order valence-corrected chi connectivity index (χ4v) is 4.81. The minimum Gasteiger partial charge on any atom is -0.355 e. The summed E-state index contributed by atoms with van der Waals surface area (Å²) < 4.78 is 32.7. The molecule has 8 heteroatoms. The van der Waals surface area contributed by atoms with Gasteiger partial charge in [0.1, 0.15) is 4.90 Å². The van der Waals surface area contributed by atoms with E-state index in [9.17, 15) is 8.42 Å². The van der Waals surface area contributed by atoms with Crippen molar-refractivity contribution in [1.29, 1.82) is 0 Å². The van der Waals surface area contributed by atoms with E-state index in [0.29, 0.717) is 26.2 Å². The van der Waals surface area contributed by atoms with Gasteiger partial charge in [-0.3, -0.25) is 4.72 Å². The Morgan fingerprint density at radius 2 is 2.05 bits per heavy atom. The number of thiophene rings is 1. The van der Waals surface area contributed by atoms with Crippen LogP contribution in [0, 0.1) is 6.92 Å². The van der Waals surface area contributed by atoms with Crippen molar-refractivity contribution < 1.29 is 12.9 Å². The van der Waals surface area contributed by atoms with Gasteiger partial charge in [0.2, 0.25) is 0 Å². The summed E-state index contributed by atoms with van der Waals surface area (Å²) in [4.78, 5) is 1.56. The van der Waals surface area contributed by atoms with Crippen LogP contribution in [-0.2, 0) is 10.0 Å². The second-order valence-corrected chi connectivity index (χ2v) is 7.81. The van der Waals surface area contributed by atoms with Crippen LogP contribution in [0.5, 0.6) is 0 Å². The zero-order valence-corrected chi connectivity index (χ0v) is 13.8. The van der Waals surface area contributed by atoms with Gasteiger partial charge in [-0.1, -0.05) is 28.9 Å². The van der Waals surface area contributed by atoms with Crippen LogP contribution in [0.4, 0.5) is 5.69 Å². The molecule has 0 atom stereocenters. The smallest absolute Gasteiger partial charge is 0.263 e. The van der Waals surface area contributed by atoms with Gasteiger partial charge in [-0.25, -0.2) is 8.42 Å². The number of aromatic nitrogens is 1. The number of sulfonamides is 1. The fourth-order valence-electron chi connectivity index (χ4n) is 1.94. The third-order valence-corrected chi connectivity index (χ3v) is 5.98. The standard InChI is InChI=1S/C14H11ClN2O3S2/c1-9-14(8-13(21-9)12-6-7-16-20-12)22(18,19)17-11-5-3-2-4-10(11)15/h2-8,17H,1H3. The third-order valence-electron chi connectivity index (χ3n) is 2.96. The van der Waals surface area contributed by atoms with E-state index < -0.39 is 10.0 Å². The molecule has 0 amide bonds. The van der Waals surface area contributed by atoms with Crippen molar-refractivity contribution in [3.8, 4) is 10.6 Å². The van der Waals surface area contributed by atoms with Crippen LogP contribution in [0.15, 0.2) is 52.0 Å². The van der Waals surface area contributed by atoms with Gasteiger partial charge in [0.25, 0.3) is 10.0 Å². The summed E-state index contributed by atoms with van der Waals surface area (Å²) in [5.74, 6) is 0.535. The number of hydrogen-bond donors (Lipinski definition) is 1. The number of nitrogens with one attached hydrogen (secondary N) is 1. The molecular formula is C14H11ClN2O3S2. The van der Waals surface area contributed by atoms with Crippen LogP contribution < -0.4 is 4.72 Å². The van der Waals surface area contributed by atoms with Crippen molar-refractivity contribution in [3.05, 3.63) is 52.5 Å². The van der Waals surface area contributed by atoms with Crippen LogP contribution in [0.3, 0.4) is 0 Å². The molecule has 0 spiro atoms. The van der Waals surface area contributed by atoms with Gasteiger partial charge >= 0.3 is 0 Å². The molecule has 2 aromatic heterocycles. The quantitative estimate of drug-likeness (QED) is 0.763. The molecule has 0 saturated carbocycles. The summed E-state index contributed by atoms with van der Waals surface area (Å²) in [6, 6.07) is 9.93. The lowest BCUT2D eigenvalue weighted by Crippen LogP contribution is -2.13. The Balaban J connectivity index is 1.98. The normalized spacial score (nSPS) is 11.5. The van der Waals surface area contributed by atoms with Gasteiger partial charge in [0.05, 0.1) is 21.8 Å². The van der Waals surface area contributed by atoms with Crippen molar-refractivity contribution in [3.63, 3.8) is 0 Å². The first-order valence-corrected chi connectivity index (χ1v) is 8.94. The monoisotopic (exact) mass is 354 g/mol. The zero-order chi connectivity index (χ0) is 15.7. The van der Waals surface area contributed by atoms with Crippen LogP contribution in [0.2, 0.25) is 5.02 Å². The van der Waals surface area contributed by atoms with Gasteiger partial charge in [-0.15, -0.1) is 11.3 Å². The Bertz CT molecular complexity index is 902. The molecule has 0 aliphatic heterocycles. The second-order valence-electron chi connectivity index (χ2n) is 4.49. The lowest BCUT2D eigenvalue weighted by molar-refractivity contribution is 0.433. The van der Waals surface area contributed by atoms with Gasteiger partial charge in [-0.2, -0.15) is 0 Å². The van der Waals surface area contributed by atoms with Crippen LogP contribution in [-0.4, -0.2) is 13.6 Å². The summed E-state index contributed by atoms with van der Waals surface area (Å²) in [5, 5.41) is 3.97. The molecule has 1 aromatic carbocycles. The Kier molecular flexibility index (Phi) is 3.94. The molecule has 0 saturated heterocycles. The van der Waals surface area contributed by atoms with Gasteiger partial charge < -0.3 is 4.52 Å². The van der Waals surface area contributed by atoms with Gasteiger partial charge in [-0.05, 0) is 25.1 Å². The molecule has 5 nitrogen and oxygen atoms in total. The summed E-state index contributed by atoms with van der Waals surface area (Å²) in [6.45, 7) is 1.74. The predicted octanol–water partition coefficient (Wildman–Crippen LogP) is 4.17. The number of anilines is 1. The van der Waals surface area contributed by atoms with E-state index in [4.69, 9.17) is 16.1 Å². The molecule has 0 fully saturated rings. The van der Waals surface area contributed by atoms with E-state index in [0.717, 1.165) is 0 Å². The maximum absolute atomic E-state index is 12.5. The molecule has 3 aromatic rings. The van der Waals surface area contributed by atoms with Crippen molar-refractivity contribution in [2.24, 2.45) is 0 Å². The summed E-state index contributed by atoms with van der Waals surface area (Å²) in [5.41, 5.74) is 0.344. The van der Waals surface area contributed by atoms with Crippen molar-refractivity contribution >= 4 is 38.6 Å². The third kappa shape index (κ3) is 2.87. The first kappa shape index (κ1) is 15.1. The summed E-state index contributed by atoms with van der Waals surface area (Å²) >= 11 is 7.32. The van der Waals surface area contributed by atoms with E-state index >= 15 is 0 Å². The van der Waals surface area contributed by atoms with Crippen LogP contribution in [0.25, 0.3) is 10.6 Å². The molecule has 114 valence electrons. The average molecular weight is 355 g/mol. The lowest BCUT2D eigenvalue weighted by Gasteiger charge is -2.08. The van der Waals surface area contributed by atoms with Crippen LogP contribution >= 0.6 is 22.9 Å². The Hall–Kier alpha value is -1.83. The van der Waals surface area contributed by atoms with Crippen molar-refractivity contribution in [2.45, 2.75) is 11.8 Å². The highest BCUT2D eigenvalue weighted by atomic mass is 35.5. The molecule has 3 rings (SSSR count). The highest BCUT2D eigenvalue weighted by Gasteiger charge is 2.22. The Morgan fingerprint density at radius 3 is 2.73 bits per heavy atom. The minimum atomic E-state index is -3.72. The van der Waals surface area contributed by atoms with Gasteiger partial charge in [0, 0.05) is 10.9 Å². The maximum Gasteiger partial charge on any atom is 0.263 e. The SMILES string of the molecule is Cc1sc(-c2ccno2)cc1S(=O)(=O)Nc1ccccc1Cl. The molecule has 1 N–H and O–H groups in total.